The first-order valence-corrected chi connectivity index (χ1v) is 10.8. The highest BCUT2D eigenvalue weighted by atomic mass is 16.7. The van der Waals surface area contributed by atoms with E-state index in [-0.39, 0.29) is 6.04 Å². The number of carbonyl (C=O) groups excluding carboxylic acids is 2. The second kappa shape index (κ2) is 7.43. The number of esters is 1. The van der Waals surface area contributed by atoms with Crippen LogP contribution in [0.3, 0.4) is 0 Å². The maximum absolute atomic E-state index is 13.0. The number of fused-ring (bicyclic) bond motifs is 6. The number of rotatable bonds is 4. The van der Waals surface area contributed by atoms with Gasteiger partial charge in [0.2, 0.25) is 0 Å². The Balaban J connectivity index is 1.46. The molecular weight excluding hydrogens is 422 g/mol. The van der Waals surface area contributed by atoms with E-state index in [2.05, 4.69) is 0 Å². The van der Waals surface area contributed by atoms with Crippen molar-refractivity contribution in [3.8, 4) is 11.5 Å². The SMILES string of the molecule is COC[C@H]1CCN1OC(=O)c1ccc2c(c1)C1(OC2=O)c2ccccc2Oc2ccccc21. The third kappa shape index (κ3) is 2.90. The van der Waals surface area contributed by atoms with Crippen LogP contribution >= 0.6 is 0 Å². The molecule has 3 aliphatic rings. The van der Waals surface area contributed by atoms with Gasteiger partial charge in [-0.15, -0.1) is 5.06 Å². The predicted octanol–water partition coefficient (Wildman–Crippen LogP) is 4.05. The number of hydrogen-bond acceptors (Lipinski definition) is 7. The summed E-state index contributed by atoms with van der Waals surface area (Å²) >= 11 is 0. The number of benzene rings is 3. The van der Waals surface area contributed by atoms with Gasteiger partial charge in [-0.05, 0) is 36.8 Å². The Kier molecular flexibility index (Phi) is 4.50. The van der Waals surface area contributed by atoms with E-state index in [1.807, 2.05) is 48.5 Å². The minimum absolute atomic E-state index is 0.0545. The van der Waals surface area contributed by atoms with Gasteiger partial charge in [-0.1, -0.05) is 36.4 Å². The van der Waals surface area contributed by atoms with Crippen molar-refractivity contribution in [2.45, 2.75) is 18.1 Å². The number of hydrogen-bond donors (Lipinski definition) is 0. The first kappa shape index (κ1) is 20.0. The van der Waals surface area contributed by atoms with Gasteiger partial charge in [-0.2, -0.15) is 0 Å². The maximum atomic E-state index is 13.0. The van der Waals surface area contributed by atoms with Crippen LogP contribution in [-0.4, -0.2) is 43.3 Å². The third-order valence-corrected chi connectivity index (χ3v) is 6.50. The van der Waals surface area contributed by atoms with Crippen LogP contribution in [0, 0.1) is 0 Å². The first-order chi connectivity index (χ1) is 16.1. The zero-order chi connectivity index (χ0) is 22.6. The van der Waals surface area contributed by atoms with Gasteiger partial charge < -0.3 is 19.0 Å². The van der Waals surface area contributed by atoms with Gasteiger partial charge in [0, 0.05) is 30.3 Å². The molecule has 0 bridgehead atoms. The Hall–Kier alpha value is -3.68. The lowest BCUT2D eigenvalue weighted by atomic mass is 9.77. The number of methoxy groups -OCH3 is 1. The highest BCUT2D eigenvalue weighted by molar-refractivity contribution is 5.99. The Morgan fingerprint density at radius 2 is 1.73 bits per heavy atom. The van der Waals surface area contributed by atoms with Gasteiger partial charge in [0.1, 0.15) is 11.5 Å². The van der Waals surface area contributed by atoms with E-state index in [9.17, 15) is 9.59 Å². The van der Waals surface area contributed by atoms with E-state index in [1.165, 1.54) is 0 Å². The zero-order valence-electron chi connectivity index (χ0n) is 17.9. The molecule has 1 fully saturated rings. The van der Waals surface area contributed by atoms with Crippen LogP contribution in [0.1, 0.15) is 43.8 Å². The minimum Gasteiger partial charge on any atom is -0.456 e. The van der Waals surface area contributed by atoms with Gasteiger partial charge in [0.15, 0.2) is 5.60 Å². The van der Waals surface area contributed by atoms with Gasteiger partial charge in [0.05, 0.1) is 23.8 Å². The average Bonchev–Trinajstić information content (AvgIpc) is 3.12. The Morgan fingerprint density at radius 1 is 1.03 bits per heavy atom. The molecule has 3 aromatic carbocycles. The van der Waals surface area contributed by atoms with E-state index < -0.39 is 17.5 Å². The fraction of sp³-hybridized carbons (Fsp3) is 0.231. The largest absolute Gasteiger partial charge is 0.456 e. The standard InChI is InChI=1S/C26H21NO6/c1-30-15-17-12-13-27(17)33-24(28)16-10-11-18-21(14-16)26(32-25(18)29)19-6-2-4-8-22(19)31-23-9-5-3-7-20(23)26/h2-11,14,17H,12-13,15H2,1H3/t17-/m1/s1. The molecular formula is C26H21NO6. The van der Waals surface area contributed by atoms with Crippen LogP contribution in [0.25, 0.3) is 0 Å². The van der Waals surface area contributed by atoms with E-state index in [0.717, 1.165) is 6.42 Å². The van der Waals surface area contributed by atoms with E-state index in [1.54, 1.807) is 30.4 Å². The monoisotopic (exact) mass is 443 g/mol. The molecule has 6 rings (SSSR count). The van der Waals surface area contributed by atoms with Crippen molar-refractivity contribution in [2.75, 3.05) is 20.3 Å². The normalized spacial score (nSPS) is 19.5. The van der Waals surface area contributed by atoms with Crippen LogP contribution in [-0.2, 0) is 19.9 Å². The molecule has 7 nitrogen and oxygen atoms in total. The highest BCUT2D eigenvalue weighted by Gasteiger charge is 2.53. The molecule has 0 N–H and O–H groups in total. The van der Waals surface area contributed by atoms with Crippen molar-refractivity contribution in [3.63, 3.8) is 0 Å². The van der Waals surface area contributed by atoms with E-state index in [0.29, 0.717) is 52.5 Å². The van der Waals surface area contributed by atoms with Crippen LogP contribution in [0.15, 0.2) is 66.7 Å². The van der Waals surface area contributed by atoms with E-state index in [4.69, 9.17) is 19.0 Å². The molecule has 0 unspecified atom stereocenters. The van der Waals surface area contributed by atoms with Crippen molar-refractivity contribution in [1.29, 1.82) is 0 Å². The molecule has 0 amide bonds. The van der Waals surface area contributed by atoms with Gasteiger partial charge in [-0.3, -0.25) is 0 Å². The molecule has 3 aliphatic heterocycles. The van der Waals surface area contributed by atoms with Gasteiger partial charge in [-0.25, -0.2) is 9.59 Å². The molecule has 3 heterocycles. The Bertz CT molecular complexity index is 1240. The van der Waals surface area contributed by atoms with Crippen LogP contribution in [0.2, 0.25) is 0 Å². The summed E-state index contributed by atoms with van der Waals surface area (Å²) in [5, 5.41) is 1.63. The predicted molar refractivity (Wildman–Crippen MR) is 117 cm³/mol. The number of para-hydroxylation sites is 2. The lowest BCUT2D eigenvalue weighted by Crippen LogP contribution is -2.50. The maximum Gasteiger partial charge on any atom is 0.357 e. The summed E-state index contributed by atoms with van der Waals surface area (Å²) in [6.07, 6.45) is 0.907. The number of ether oxygens (including phenoxy) is 3. The fourth-order valence-corrected chi connectivity index (χ4v) is 4.80. The van der Waals surface area contributed by atoms with Gasteiger partial charge in [0.25, 0.3) is 0 Å². The van der Waals surface area contributed by atoms with Crippen molar-refractivity contribution < 1.29 is 28.6 Å². The third-order valence-electron chi connectivity index (χ3n) is 6.50. The number of hydroxylamine groups is 2. The topological polar surface area (TPSA) is 74.3 Å². The molecule has 1 spiro atoms. The molecule has 0 radical (unpaired) electrons. The second-order valence-electron chi connectivity index (χ2n) is 8.34. The summed E-state index contributed by atoms with van der Waals surface area (Å²) in [5.74, 6) is 0.279. The summed E-state index contributed by atoms with van der Waals surface area (Å²) in [6, 6.07) is 19.9. The minimum atomic E-state index is -1.20. The van der Waals surface area contributed by atoms with E-state index >= 15 is 0 Å². The molecule has 33 heavy (non-hydrogen) atoms. The fourth-order valence-electron chi connectivity index (χ4n) is 4.80. The summed E-state index contributed by atoms with van der Waals surface area (Å²) in [4.78, 5) is 31.6. The Labute approximate surface area is 190 Å². The smallest absolute Gasteiger partial charge is 0.357 e. The number of nitrogens with zero attached hydrogens (tertiary/aromatic N) is 1. The molecule has 0 aliphatic carbocycles. The van der Waals surface area contributed by atoms with Crippen LogP contribution in [0.4, 0.5) is 0 Å². The lowest BCUT2D eigenvalue weighted by Gasteiger charge is -2.38. The molecule has 1 saturated heterocycles. The summed E-state index contributed by atoms with van der Waals surface area (Å²) in [7, 11) is 1.62. The highest BCUT2D eigenvalue weighted by Crippen LogP contribution is 2.55. The Morgan fingerprint density at radius 3 is 2.36 bits per heavy atom. The van der Waals surface area contributed by atoms with Crippen molar-refractivity contribution in [1.82, 2.24) is 5.06 Å². The second-order valence-corrected chi connectivity index (χ2v) is 8.34. The summed E-state index contributed by atoms with van der Waals surface area (Å²) in [6.45, 7) is 1.16. The number of carbonyl (C=O) groups is 2. The van der Waals surface area contributed by atoms with Crippen molar-refractivity contribution in [2.24, 2.45) is 0 Å². The molecule has 0 saturated carbocycles. The molecule has 166 valence electrons. The molecule has 3 aromatic rings. The van der Waals surface area contributed by atoms with Crippen LogP contribution in [0.5, 0.6) is 11.5 Å². The molecule has 7 heteroatoms. The lowest BCUT2D eigenvalue weighted by molar-refractivity contribution is -0.196. The quantitative estimate of drug-likeness (QED) is 0.563. The zero-order valence-corrected chi connectivity index (χ0v) is 17.9. The van der Waals surface area contributed by atoms with Gasteiger partial charge >= 0.3 is 11.9 Å². The average molecular weight is 443 g/mol. The van der Waals surface area contributed by atoms with Crippen molar-refractivity contribution >= 4 is 11.9 Å². The van der Waals surface area contributed by atoms with Crippen molar-refractivity contribution in [3.05, 3.63) is 94.5 Å². The first-order valence-electron chi connectivity index (χ1n) is 10.8. The summed E-state index contributed by atoms with van der Waals surface area (Å²) < 4.78 is 17.4. The molecule has 0 aromatic heterocycles. The van der Waals surface area contributed by atoms with Crippen LogP contribution < -0.4 is 4.74 Å². The summed E-state index contributed by atoms with van der Waals surface area (Å²) in [5.41, 5.74) is 1.58. The molecule has 1 atom stereocenters.